The molecule has 110 valence electrons. The van der Waals surface area contributed by atoms with Crippen LogP contribution in [0.3, 0.4) is 0 Å². The van der Waals surface area contributed by atoms with Crippen molar-refractivity contribution in [2.45, 2.75) is 26.8 Å². The minimum absolute atomic E-state index is 0.0502. The molecule has 0 atom stereocenters. The van der Waals surface area contributed by atoms with E-state index in [1.54, 1.807) is 0 Å². The fraction of sp³-hybridized carbons (Fsp3) is 0.438. The molecule has 21 heavy (non-hydrogen) atoms. The molecule has 0 aliphatic carbocycles. The molecule has 0 radical (unpaired) electrons. The molecule has 2 aromatic rings. The molecule has 0 unspecified atom stereocenters. The molecule has 1 aliphatic rings. The molecule has 1 amide bonds. The third kappa shape index (κ3) is 2.55. The lowest BCUT2D eigenvalue weighted by Gasteiger charge is -2.39. The van der Waals surface area contributed by atoms with E-state index in [-0.39, 0.29) is 17.9 Å². The first-order chi connectivity index (χ1) is 10.1. The van der Waals surface area contributed by atoms with Gasteiger partial charge in [-0.15, -0.1) is 5.10 Å². The first-order valence-electron chi connectivity index (χ1n) is 7.33. The summed E-state index contributed by atoms with van der Waals surface area (Å²) in [4.78, 5) is 14.1. The van der Waals surface area contributed by atoms with Crippen molar-refractivity contribution in [3.05, 3.63) is 30.0 Å². The van der Waals surface area contributed by atoms with E-state index in [1.165, 1.54) is 0 Å². The molecule has 0 bridgehead atoms. The highest BCUT2D eigenvalue weighted by Gasteiger charge is 2.34. The monoisotopic (exact) mass is 284 g/mol. The molecule has 5 nitrogen and oxygen atoms in total. The number of anilines is 1. The molecular weight excluding hydrogens is 264 g/mol. The van der Waals surface area contributed by atoms with Gasteiger partial charge in [0.15, 0.2) is 5.82 Å². The largest absolute Gasteiger partial charge is 0.354 e. The van der Waals surface area contributed by atoms with Gasteiger partial charge in [-0.1, -0.05) is 24.3 Å². The number of nitrogens with one attached hydrogen (secondary N) is 1. The Morgan fingerprint density at radius 2 is 1.90 bits per heavy atom. The van der Waals surface area contributed by atoms with Gasteiger partial charge in [0.2, 0.25) is 5.91 Å². The van der Waals surface area contributed by atoms with Gasteiger partial charge < -0.3 is 10.2 Å². The Labute approximate surface area is 124 Å². The number of aromatic nitrogens is 2. The molecule has 1 saturated heterocycles. The van der Waals surface area contributed by atoms with E-state index in [4.69, 9.17) is 0 Å². The summed E-state index contributed by atoms with van der Waals surface area (Å²) in [5.41, 5.74) is 0.934. The van der Waals surface area contributed by atoms with E-state index >= 15 is 0 Å². The number of rotatable bonds is 3. The van der Waals surface area contributed by atoms with Gasteiger partial charge in [-0.3, -0.25) is 4.79 Å². The smallest absolute Gasteiger partial charge is 0.226 e. The number of nitrogens with zero attached hydrogens (tertiary/aromatic N) is 3. The fourth-order valence-electron chi connectivity index (χ4n) is 2.68. The highest BCUT2D eigenvalue weighted by atomic mass is 16.2. The number of fused-ring (bicyclic) bond motifs is 1. The zero-order valence-corrected chi connectivity index (χ0v) is 12.6. The first-order valence-corrected chi connectivity index (χ1v) is 7.33. The standard InChI is InChI=1S/C16H20N4O/c1-10(2)17-16(21)12-8-20(9-12)15-14-7-5-4-6-13(14)11(3)18-19-15/h4-7,10,12H,8-9H2,1-3H3,(H,17,21). The van der Waals surface area contributed by atoms with Gasteiger partial charge in [0.25, 0.3) is 0 Å². The fourth-order valence-corrected chi connectivity index (χ4v) is 2.68. The summed E-state index contributed by atoms with van der Waals surface area (Å²) in [6, 6.07) is 8.33. The van der Waals surface area contributed by atoms with Crippen LogP contribution in [0.1, 0.15) is 19.5 Å². The number of carbonyl (C=O) groups is 1. The Kier molecular flexibility index (Phi) is 3.49. The number of hydrogen-bond acceptors (Lipinski definition) is 4. The normalized spacial score (nSPS) is 15.3. The predicted octanol–water partition coefficient (Wildman–Crippen LogP) is 1.90. The number of benzene rings is 1. The van der Waals surface area contributed by atoms with Crippen molar-refractivity contribution in [2.75, 3.05) is 18.0 Å². The van der Waals surface area contributed by atoms with Crippen molar-refractivity contribution in [1.82, 2.24) is 15.5 Å². The van der Waals surface area contributed by atoms with Gasteiger partial charge in [0.1, 0.15) is 0 Å². The summed E-state index contributed by atoms with van der Waals surface area (Å²) >= 11 is 0. The second kappa shape index (κ2) is 5.31. The number of aryl methyl sites for hydroxylation is 1. The Bertz CT molecular complexity index is 677. The Balaban J connectivity index is 1.79. The van der Waals surface area contributed by atoms with Crippen LogP contribution in [0.5, 0.6) is 0 Å². The van der Waals surface area contributed by atoms with E-state index < -0.39 is 0 Å². The van der Waals surface area contributed by atoms with E-state index in [1.807, 2.05) is 32.9 Å². The summed E-state index contributed by atoms with van der Waals surface area (Å²) in [7, 11) is 0. The summed E-state index contributed by atoms with van der Waals surface area (Å²) in [6.07, 6.45) is 0. The van der Waals surface area contributed by atoms with Gasteiger partial charge in [-0.25, -0.2) is 0 Å². The molecule has 1 aromatic heterocycles. The number of carbonyl (C=O) groups excluding carboxylic acids is 1. The van der Waals surface area contributed by atoms with Crippen molar-refractivity contribution in [3.63, 3.8) is 0 Å². The maximum Gasteiger partial charge on any atom is 0.226 e. The lowest BCUT2D eigenvalue weighted by molar-refractivity contribution is -0.126. The lowest BCUT2D eigenvalue weighted by Crippen LogP contribution is -2.55. The summed E-state index contributed by atoms with van der Waals surface area (Å²) < 4.78 is 0. The van der Waals surface area contributed by atoms with E-state index in [2.05, 4.69) is 32.5 Å². The van der Waals surface area contributed by atoms with E-state index in [0.29, 0.717) is 13.1 Å². The van der Waals surface area contributed by atoms with Gasteiger partial charge in [0, 0.05) is 29.9 Å². The maximum absolute atomic E-state index is 12.0. The molecule has 0 spiro atoms. The van der Waals surface area contributed by atoms with Gasteiger partial charge in [-0.2, -0.15) is 5.10 Å². The third-order valence-electron chi connectivity index (χ3n) is 3.84. The lowest BCUT2D eigenvalue weighted by atomic mass is 9.98. The SMILES string of the molecule is Cc1nnc(N2CC(C(=O)NC(C)C)C2)c2ccccc12. The summed E-state index contributed by atoms with van der Waals surface area (Å²) in [6.45, 7) is 7.34. The van der Waals surface area contributed by atoms with Gasteiger partial charge in [0.05, 0.1) is 11.6 Å². The van der Waals surface area contributed by atoms with Crippen LogP contribution < -0.4 is 10.2 Å². The van der Waals surface area contributed by atoms with Gasteiger partial charge >= 0.3 is 0 Å². The molecule has 0 saturated carbocycles. The minimum atomic E-state index is 0.0502. The molecule has 1 aliphatic heterocycles. The minimum Gasteiger partial charge on any atom is -0.354 e. The van der Waals surface area contributed by atoms with Crippen LogP contribution >= 0.6 is 0 Å². The molecule has 3 rings (SSSR count). The summed E-state index contributed by atoms with van der Waals surface area (Å²) in [5, 5.41) is 13.8. The Morgan fingerprint density at radius 1 is 1.24 bits per heavy atom. The van der Waals surface area contributed by atoms with Crippen molar-refractivity contribution in [2.24, 2.45) is 5.92 Å². The van der Waals surface area contributed by atoms with Crippen molar-refractivity contribution in [1.29, 1.82) is 0 Å². The quantitative estimate of drug-likeness (QED) is 0.935. The van der Waals surface area contributed by atoms with Crippen LogP contribution in [0.2, 0.25) is 0 Å². The van der Waals surface area contributed by atoms with E-state index in [9.17, 15) is 4.79 Å². The highest BCUT2D eigenvalue weighted by molar-refractivity contribution is 5.94. The third-order valence-corrected chi connectivity index (χ3v) is 3.84. The maximum atomic E-state index is 12.0. The molecular formula is C16H20N4O. The molecule has 5 heteroatoms. The van der Waals surface area contributed by atoms with Crippen LogP contribution in [-0.4, -0.2) is 35.2 Å². The van der Waals surface area contributed by atoms with Crippen molar-refractivity contribution < 1.29 is 4.79 Å². The van der Waals surface area contributed by atoms with Crippen LogP contribution in [0.4, 0.5) is 5.82 Å². The Hall–Kier alpha value is -2.17. The van der Waals surface area contributed by atoms with Crippen LogP contribution in [-0.2, 0) is 4.79 Å². The van der Waals surface area contributed by atoms with E-state index in [0.717, 1.165) is 22.3 Å². The van der Waals surface area contributed by atoms with Crippen LogP contribution in [0.15, 0.2) is 24.3 Å². The number of hydrogen-bond donors (Lipinski definition) is 1. The molecule has 1 N–H and O–H groups in total. The predicted molar refractivity (Wildman–Crippen MR) is 83.3 cm³/mol. The molecule has 1 fully saturated rings. The van der Waals surface area contributed by atoms with Crippen molar-refractivity contribution >= 4 is 22.5 Å². The zero-order valence-electron chi connectivity index (χ0n) is 12.6. The summed E-state index contributed by atoms with van der Waals surface area (Å²) in [5.74, 6) is 1.06. The average molecular weight is 284 g/mol. The Morgan fingerprint density at radius 3 is 2.57 bits per heavy atom. The zero-order chi connectivity index (χ0) is 15.0. The molecule has 1 aromatic carbocycles. The topological polar surface area (TPSA) is 58.1 Å². The average Bonchev–Trinajstić information content (AvgIpc) is 2.39. The number of amides is 1. The first kappa shape index (κ1) is 13.8. The van der Waals surface area contributed by atoms with Crippen LogP contribution in [0, 0.1) is 12.8 Å². The second-order valence-electron chi connectivity index (χ2n) is 5.92. The molecule has 2 heterocycles. The van der Waals surface area contributed by atoms with Crippen LogP contribution in [0.25, 0.3) is 10.8 Å². The van der Waals surface area contributed by atoms with Crippen molar-refractivity contribution in [3.8, 4) is 0 Å². The van der Waals surface area contributed by atoms with Gasteiger partial charge in [-0.05, 0) is 20.8 Å². The second-order valence-corrected chi connectivity index (χ2v) is 5.92. The highest BCUT2D eigenvalue weighted by Crippen LogP contribution is 2.30.